The number of primary amides is 1. The highest BCUT2D eigenvalue weighted by atomic mass is 35.5. The fraction of sp³-hybridized carbons (Fsp3) is 0.214. The van der Waals surface area contributed by atoms with Crippen LogP contribution in [0.15, 0.2) is 12.1 Å². The van der Waals surface area contributed by atoms with Crippen molar-refractivity contribution in [2.75, 3.05) is 0 Å². The van der Waals surface area contributed by atoms with Crippen molar-refractivity contribution < 1.29 is 9.59 Å². The lowest BCUT2D eigenvalue weighted by Gasteiger charge is -2.11. The number of fused-ring (bicyclic) bond motifs is 1. The van der Waals surface area contributed by atoms with Gasteiger partial charge in [-0.1, -0.05) is 11.6 Å². The molecule has 19 heavy (non-hydrogen) atoms. The maximum absolute atomic E-state index is 11.7. The summed E-state index contributed by atoms with van der Waals surface area (Å²) in [6, 6.07) is 3.52. The zero-order valence-electron chi connectivity index (χ0n) is 10.9. The number of Topliss-reactive ketones (excluding diaryl/α,β-unsaturated/α-hetero) is 1. The fourth-order valence-corrected chi connectivity index (χ4v) is 2.34. The van der Waals surface area contributed by atoms with E-state index in [-0.39, 0.29) is 10.9 Å². The maximum Gasteiger partial charge on any atom is 0.249 e. The Bertz CT molecular complexity index is 723. The molecule has 2 aromatic rings. The number of benzene rings is 1. The zero-order chi connectivity index (χ0) is 14.3. The third kappa shape index (κ3) is 2.19. The zero-order valence-corrected chi connectivity index (χ0v) is 11.6. The lowest BCUT2D eigenvalue weighted by atomic mass is 9.97. The predicted molar refractivity (Wildman–Crippen MR) is 74.7 cm³/mol. The Balaban J connectivity index is 3.06. The van der Waals surface area contributed by atoms with Crippen LogP contribution in [-0.2, 0) is 0 Å². The van der Waals surface area contributed by atoms with Crippen molar-refractivity contribution in [3.05, 3.63) is 39.5 Å². The molecule has 0 aliphatic rings. The van der Waals surface area contributed by atoms with Crippen LogP contribution >= 0.6 is 11.6 Å². The van der Waals surface area contributed by atoms with Crippen LogP contribution in [0.25, 0.3) is 10.9 Å². The number of hydrogen-bond acceptors (Lipinski definition) is 3. The number of nitrogens with zero attached hydrogens (tertiary/aromatic N) is 1. The Kier molecular flexibility index (Phi) is 3.28. The summed E-state index contributed by atoms with van der Waals surface area (Å²) in [7, 11) is 0. The molecule has 2 N–H and O–H groups in total. The summed E-state index contributed by atoms with van der Waals surface area (Å²) in [6.07, 6.45) is 0. The number of pyridine rings is 1. The Morgan fingerprint density at radius 1 is 1.26 bits per heavy atom. The second kappa shape index (κ2) is 4.63. The van der Waals surface area contributed by atoms with E-state index in [2.05, 4.69) is 4.98 Å². The fourth-order valence-electron chi connectivity index (χ4n) is 2.16. The molecule has 98 valence electrons. The second-order valence-corrected chi connectivity index (χ2v) is 4.89. The number of rotatable bonds is 2. The van der Waals surface area contributed by atoms with E-state index in [0.29, 0.717) is 27.6 Å². The van der Waals surface area contributed by atoms with E-state index < -0.39 is 5.91 Å². The number of aryl methyl sites for hydroxylation is 1. The SMILES string of the molecule is CC(=O)c1cc(C)cc2c(C(N)=O)c(C)c(Cl)nc12. The van der Waals surface area contributed by atoms with E-state index in [1.165, 1.54) is 6.92 Å². The minimum atomic E-state index is -0.577. The van der Waals surface area contributed by atoms with Crippen molar-refractivity contribution in [1.82, 2.24) is 4.98 Å². The minimum absolute atomic E-state index is 0.128. The van der Waals surface area contributed by atoms with Crippen LogP contribution in [-0.4, -0.2) is 16.7 Å². The van der Waals surface area contributed by atoms with Crippen molar-refractivity contribution in [3.8, 4) is 0 Å². The summed E-state index contributed by atoms with van der Waals surface area (Å²) in [5.41, 5.74) is 7.99. The maximum atomic E-state index is 11.7. The second-order valence-electron chi connectivity index (χ2n) is 4.53. The van der Waals surface area contributed by atoms with Gasteiger partial charge in [0.1, 0.15) is 5.15 Å². The van der Waals surface area contributed by atoms with Gasteiger partial charge in [0.05, 0.1) is 11.1 Å². The van der Waals surface area contributed by atoms with E-state index in [1.54, 1.807) is 19.1 Å². The molecule has 0 saturated heterocycles. The summed E-state index contributed by atoms with van der Waals surface area (Å²) in [4.78, 5) is 27.5. The number of nitrogens with two attached hydrogens (primary N) is 1. The largest absolute Gasteiger partial charge is 0.366 e. The molecule has 2 rings (SSSR count). The van der Waals surface area contributed by atoms with Gasteiger partial charge in [0.25, 0.3) is 0 Å². The van der Waals surface area contributed by atoms with Gasteiger partial charge in [-0.15, -0.1) is 0 Å². The molecule has 0 fully saturated rings. The first-order chi connectivity index (χ1) is 8.82. The Hall–Kier alpha value is -1.94. The topological polar surface area (TPSA) is 73.1 Å². The Morgan fingerprint density at radius 3 is 2.42 bits per heavy atom. The average Bonchev–Trinajstić information content (AvgIpc) is 2.29. The minimum Gasteiger partial charge on any atom is -0.366 e. The van der Waals surface area contributed by atoms with Crippen molar-refractivity contribution in [2.45, 2.75) is 20.8 Å². The van der Waals surface area contributed by atoms with E-state index in [9.17, 15) is 9.59 Å². The predicted octanol–water partition coefficient (Wildman–Crippen LogP) is 2.81. The molecule has 0 bridgehead atoms. The molecule has 0 radical (unpaired) electrons. The lowest BCUT2D eigenvalue weighted by Crippen LogP contribution is -2.15. The number of carbonyl (C=O) groups excluding carboxylic acids is 2. The average molecular weight is 277 g/mol. The van der Waals surface area contributed by atoms with Gasteiger partial charge in [0, 0.05) is 10.9 Å². The van der Waals surface area contributed by atoms with Crippen LogP contribution in [0.4, 0.5) is 0 Å². The Labute approximate surface area is 115 Å². The first-order valence-electron chi connectivity index (χ1n) is 5.74. The smallest absolute Gasteiger partial charge is 0.249 e. The molecule has 4 nitrogen and oxygen atoms in total. The number of ketones is 1. The third-order valence-electron chi connectivity index (χ3n) is 3.04. The molecule has 0 aliphatic carbocycles. The highest BCUT2D eigenvalue weighted by molar-refractivity contribution is 6.31. The lowest BCUT2D eigenvalue weighted by molar-refractivity contribution is 0.0996. The van der Waals surface area contributed by atoms with Crippen molar-refractivity contribution >= 4 is 34.2 Å². The van der Waals surface area contributed by atoms with Crippen LogP contribution in [0.3, 0.4) is 0 Å². The summed E-state index contributed by atoms with van der Waals surface area (Å²) in [5.74, 6) is -0.705. The normalized spacial score (nSPS) is 10.7. The molecule has 1 amide bonds. The number of carbonyl (C=O) groups is 2. The van der Waals surface area contributed by atoms with Gasteiger partial charge in [-0.05, 0) is 44.0 Å². The van der Waals surface area contributed by atoms with E-state index in [1.807, 2.05) is 6.92 Å². The van der Waals surface area contributed by atoms with Gasteiger partial charge in [-0.3, -0.25) is 9.59 Å². The summed E-state index contributed by atoms with van der Waals surface area (Å²) < 4.78 is 0. The van der Waals surface area contributed by atoms with Crippen LogP contribution in [0.5, 0.6) is 0 Å². The van der Waals surface area contributed by atoms with E-state index in [0.717, 1.165) is 5.56 Å². The number of hydrogen-bond donors (Lipinski definition) is 1. The molecule has 1 aromatic carbocycles. The van der Waals surface area contributed by atoms with Gasteiger partial charge in [-0.2, -0.15) is 0 Å². The molecular weight excluding hydrogens is 264 g/mol. The quantitative estimate of drug-likeness (QED) is 0.677. The van der Waals surface area contributed by atoms with Crippen molar-refractivity contribution in [1.29, 1.82) is 0 Å². The molecule has 1 aromatic heterocycles. The van der Waals surface area contributed by atoms with Gasteiger partial charge in [0.2, 0.25) is 5.91 Å². The van der Waals surface area contributed by atoms with E-state index in [4.69, 9.17) is 17.3 Å². The highest BCUT2D eigenvalue weighted by Crippen LogP contribution is 2.29. The Morgan fingerprint density at radius 2 is 1.89 bits per heavy atom. The molecule has 0 unspecified atom stereocenters. The molecular formula is C14H13ClN2O2. The first-order valence-corrected chi connectivity index (χ1v) is 6.12. The number of aromatic nitrogens is 1. The number of amides is 1. The summed E-state index contributed by atoms with van der Waals surface area (Å²) in [5, 5.41) is 0.757. The van der Waals surface area contributed by atoms with Gasteiger partial charge >= 0.3 is 0 Å². The van der Waals surface area contributed by atoms with Gasteiger partial charge in [-0.25, -0.2) is 4.98 Å². The monoisotopic (exact) mass is 276 g/mol. The molecule has 5 heteroatoms. The molecule has 0 spiro atoms. The van der Waals surface area contributed by atoms with Gasteiger partial charge in [0.15, 0.2) is 5.78 Å². The third-order valence-corrected chi connectivity index (χ3v) is 3.41. The number of halogens is 1. The van der Waals surface area contributed by atoms with Crippen molar-refractivity contribution in [2.24, 2.45) is 5.73 Å². The van der Waals surface area contributed by atoms with Crippen LogP contribution < -0.4 is 5.73 Å². The molecule has 0 atom stereocenters. The molecule has 0 aliphatic heterocycles. The first kappa shape index (κ1) is 13.5. The van der Waals surface area contributed by atoms with E-state index >= 15 is 0 Å². The standard InChI is InChI=1S/C14H13ClN2O2/c1-6-4-9(8(3)18)12-10(5-6)11(14(16)19)7(2)13(15)17-12/h4-5H,1-3H3,(H2,16,19). The highest BCUT2D eigenvalue weighted by Gasteiger charge is 2.18. The summed E-state index contributed by atoms with van der Waals surface area (Å²) >= 11 is 6.02. The van der Waals surface area contributed by atoms with Crippen molar-refractivity contribution in [3.63, 3.8) is 0 Å². The van der Waals surface area contributed by atoms with Crippen LogP contribution in [0.2, 0.25) is 5.15 Å². The van der Waals surface area contributed by atoms with Crippen LogP contribution in [0, 0.1) is 13.8 Å². The van der Waals surface area contributed by atoms with Gasteiger partial charge < -0.3 is 5.73 Å². The summed E-state index contributed by atoms with van der Waals surface area (Å²) in [6.45, 7) is 4.98. The molecule has 1 heterocycles. The van der Waals surface area contributed by atoms with Crippen LogP contribution in [0.1, 0.15) is 38.8 Å². The molecule has 0 saturated carbocycles.